The number of fused-ring (bicyclic) bond motifs is 2. The second-order valence-corrected chi connectivity index (χ2v) is 8.11. The van der Waals surface area contributed by atoms with Crippen LogP contribution < -0.4 is 58.2 Å². The third-order valence-electron chi connectivity index (χ3n) is 6.17. The van der Waals surface area contributed by atoms with E-state index in [0.717, 1.165) is 48.1 Å². The Morgan fingerprint density at radius 1 is 1.10 bits per heavy atom. The summed E-state index contributed by atoms with van der Waals surface area (Å²) >= 11 is 0. The third-order valence-corrected chi connectivity index (χ3v) is 6.17. The smallest absolute Gasteiger partial charge is 0.659 e. The van der Waals surface area contributed by atoms with Crippen LogP contribution in [-0.2, 0) is 22.6 Å². The minimum atomic E-state index is -0.245. The summed E-state index contributed by atoms with van der Waals surface area (Å²) in [6, 6.07) is 18.5. The van der Waals surface area contributed by atoms with Crippen LogP contribution in [0.5, 0.6) is 0 Å². The van der Waals surface area contributed by atoms with Crippen molar-refractivity contribution in [2.24, 2.45) is 0 Å². The number of hydrogen-bond acceptors (Lipinski definition) is 4. The average Bonchev–Trinajstić information content (AvgIpc) is 2.77. The maximum Gasteiger partial charge on any atom is 1.00 e. The maximum absolute atomic E-state index is 13.2. The van der Waals surface area contributed by atoms with Gasteiger partial charge in [0.25, 0.3) is 0 Å². The molecule has 2 aromatic rings. The van der Waals surface area contributed by atoms with Gasteiger partial charge >= 0.3 is 64.2 Å². The number of likely N-dealkylation sites (N-methyl/N-ethyl adjacent to an activating group) is 1. The molecule has 2 aromatic carbocycles. The summed E-state index contributed by atoms with van der Waals surface area (Å²) in [4.78, 5) is 15.5. The summed E-state index contributed by atoms with van der Waals surface area (Å²) in [6.45, 7) is 1.90. The second kappa shape index (κ2) is 12.0. The first-order chi connectivity index (χ1) is 14.7. The van der Waals surface area contributed by atoms with Crippen LogP contribution in [0.2, 0.25) is 0 Å². The van der Waals surface area contributed by atoms with E-state index in [9.17, 15) is 4.79 Å². The van der Waals surface area contributed by atoms with Gasteiger partial charge in [-0.1, -0.05) is 54.6 Å². The summed E-state index contributed by atoms with van der Waals surface area (Å²) < 4.78 is 5.74. The molecular formula is C25H29N2O3Rb. The molecule has 2 aliphatic rings. The molecular weight excluding hydrogens is 462 g/mol. The normalized spacial score (nSPS) is 20.8. The van der Waals surface area contributed by atoms with Gasteiger partial charge < -0.3 is 15.2 Å². The van der Waals surface area contributed by atoms with Crippen molar-refractivity contribution in [2.75, 3.05) is 26.7 Å². The Morgan fingerprint density at radius 2 is 1.84 bits per heavy atom. The predicted molar refractivity (Wildman–Crippen MR) is 118 cm³/mol. The van der Waals surface area contributed by atoms with E-state index < -0.39 is 0 Å². The van der Waals surface area contributed by atoms with Crippen LogP contribution in [0.3, 0.4) is 0 Å². The van der Waals surface area contributed by atoms with Gasteiger partial charge in [0.05, 0.1) is 5.57 Å². The van der Waals surface area contributed by atoms with Crippen molar-refractivity contribution in [3.05, 3.63) is 82.2 Å². The van der Waals surface area contributed by atoms with E-state index in [1.807, 2.05) is 30.3 Å². The molecule has 0 aromatic heterocycles. The molecule has 0 radical (unpaired) electrons. The zero-order valence-corrected chi connectivity index (χ0v) is 23.4. The molecule has 1 N–H and O–H groups in total. The van der Waals surface area contributed by atoms with Crippen LogP contribution in [0, 0.1) is 0 Å². The van der Waals surface area contributed by atoms with Gasteiger partial charge in [-0.05, 0) is 54.6 Å². The Labute approximate surface area is 233 Å². The molecule has 31 heavy (non-hydrogen) atoms. The van der Waals surface area contributed by atoms with E-state index in [1.165, 1.54) is 5.56 Å². The Hall–Kier alpha value is -0.665. The third kappa shape index (κ3) is 6.02. The number of carbonyl (C=O) groups excluding carboxylic acids is 1. The molecule has 6 heteroatoms. The quantitative estimate of drug-likeness (QED) is 0.577. The van der Waals surface area contributed by atoms with Gasteiger partial charge in [0.15, 0.2) is 0 Å². The molecule has 4 rings (SSSR count). The van der Waals surface area contributed by atoms with E-state index in [-0.39, 0.29) is 83.4 Å². The molecule has 0 aliphatic carbocycles. The first kappa shape index (κ1) is 25.0. The number of rotatable bonds is 7. The van der Waals surface area contributed by atoms with Gasteiger partial charge in [-0.15, -0.1) is 13.1 Å². The van der Waals surface area contributed by atoms with Gasteiger partial charge in [-0.3, -0.25) is 4.90 Å². The number of esters is 1. The number of aliphatic hydroxyl groups is 1. The van der Waals surface area contributed by atoms with Crippen molar-refractivity contribution >= 4 is 11.5 Å². The number of hydrogen-bond donors (Lipinski definition) is 1. The van der Waals surface area contributed by atoms with Crippen molar-refractivity contribution in [2.45, 2.75) is 38.0 Å². The Bertz CT molecular complexity index is 899. The molecule has 1 fully saturated rings. The molecule has 2 aliphatic heterocycles. The van der Waals surface area contributed by atoms with E-state index in [4.69, 9.17) is 9.84 Å². The number of carbonyl (C=O) groups is 1. The predicted octanol–water partition coefficient (Wildman–Crippen LogP) is 0.573. The van der Waals surface area contributed by atoms with Gasteiger partial charge in [0.1, 0.15) is 6.61 Å². The first-order valence-electron chi connectivity index (χ1n) is 10.7. The van der Waals surface area contributed by atoms with Gasteiger partial charge in [-0.2, -0.15) is 0 Å². The number of nitrogens with zero attached hydrogens (tertiary/aromatic N) is 2. The van der Waals surface area contributed by atoms with E-state index in [2.05, 4.69) is 41.5 Å². The molecule has 2 atom stereocenters. The van der Waals surface area contributed by atoms with E-state index in [0.29, 0.717) is 12.6 Å². The van der Waals surface area contributed by atoms with Crippen molar-refractivity contribution < 1.29 is 72.8 Å². The van der Waals surface area contributed by atoms with Crippen LogP contribution in [0.1, 0.15) is 29.5 Å². The largest absolute Gasteiger partial charge is 1.00 e. The zero-order chi connectivity index (χ0) is 20.9. The molecule has 1 saturated heterocycles. The summed E-state index contributed by atoms with van der Waals surface area (Å²) in [7, 11) is 2.09. The van der Waals surface area contributed by atoms with Crippen molar-refractivity contribution in [1.82, 2.24) is 4.90 Å². The standard InChI is InChI=1S/C25H29N2O3.Rb/c1-27-21-14-22(20-11-9-18(10-12-20)8-5-13-28)24(23(27)16-26-15-21)25(29)30-17-19-6-3-2-4-7-19;/h2-4,6-7,9-12,21,23,28H,5,8,13-17H2,1H3;/q-1;+1. The topological polar surface area (TPSA) is 63.9 Å². The monoisotopic (exact) mass is 490 g/mol. The summed E-state index contributed by atoms with van der Waals surface area (Å²) in [5.41, 5.74) is 5.10. The number of piperazine rings is 1. The fraction of sp³-hybridized carbons (Fsp3) is 0.400. The average molecular weight is 491 g/mol. The van der Waals surface area contributed by atoms with E-state index >= 15 is 0 Å². The van der Waals surface area contributed by atoms with Crippen LogP contribution in [0.15, 0.2) is 60.2 Å². The van der Waals surface area contributed by atoms with Crippen molar-refractivity contribution in [3.8, 4) is 0 Å². The molecule has 2 unspecified atom stereocenters. The fourth-order valence-corrected chi connectivity index (χ4v) is 4.40. The van der Waals surface area contributed by atoms with E-state index in [1.54, 1.807) is 0 Å². The molecule has 2 bridgehead atoms. The molecule has 5 nitrogen and oxygen atoms in total. The van der Waals surface area contributed by atoms with Crippen LogP contribution in [-0.4, -0.2) is 54.8 Å². The Balaban J connectivity index is 0.00000272. The van der Waals surface area contributed by atoms with Crippen LogP contribution in [0.4, 0.5) is 0 Å². The molecule has 0 spiro atoms. The zero-order valence-electron chi connectivity index (χ0n) is 18.5. The minimum Gasteiger partial charge on any atom is -0.659 e. The fourth-order valence-electron chi connectivity index (χ4n) is 4.40. The second-order valence-electron chi connectivity index (χ2n) is 8.11. The van der Waals surface area contributed by atoms with Crippen LogP contribution >= 0.6 is 0 Å². The Morgan fingerprint density at radius 3 is 2.55 bits per heavy atom. The van der Waals surface area contributed by atoms with Crippen LogP contribution in [0.25, 0.3) is 10.9 Å². The maximum atomic E-state index is 13.2. The van der Waals surface area contributed by atoms with Crippen molar-refractivity contribution in [1.29, 1.82) is 0 Å². The summed E-state index contributed by atoms with van der Waals surface area (Å²) in [6.07, 6.45) is 2.41. The molecule has 0 amide bonds. The number of aryl methyl sites for hydroxylation is 1. The van der Waals surface area contributed by atoms with Gasteiger partial charge in [-0.25, -0.2) is 4.79 Å². The number of benzene rings is 2. The van der Waals surface area contributed by atoms with Gasteiger partial charge in [0.2, 0.25) is 0 Å². The molecule has 2 heterocycles. The SMILES string of the molecule is CN1C2C[N-]CC1C(C(=O)OCc1ccccc1)=C(c1ccc(CCCO)cc1)C2.[Rb+]. The Kier molecular flexibility index (Phi) is 9.65. The van der Waals surface area contributed by atoms with Gasteiger partial charge in [0, 0.05) is 12.6 Å². The number of ether oxygens (including phenoxy) is 1. The van der Waals surface area contributed by atoms with Crippen molar-refractivity contribution in [3.63, 3.8) is 0 Å². The minimum absolute atomic E-state index is 0. The summed E-state index contributed by atoms with van der Waals surface area (Å²) in [5, 5.41) is 13.7. The summed E-state index contributed by atoms with van der Waals surface area (Å²) in [5.74, 6) is -0.245. The number of aliphatic hydroxyl groups excluding tert-OH is 1. The first-order valence-corrected chi connectivity index (χ1v) is 10.7. The molecule has 158 valence electrons. The molecule has 0 saturated carbocycles.